The Balaban J connectivity index is 1.55. The molecule has 0 bridgehead atoms. The van der Waals surface area contributed by atoms with E-state index in [0.29, 0.717) is 12.8 Å². The highest BCUT2D eigenvalue weighted by Gasteiger charge is 2.52. The molecule has 2 aromatic rings. The minimum absolute atomic E-state index is 0.118. The zero-order chi connectivity index (χ0) is 18.1. The van der Waals surface area contributed by atoms with Crippen LogP contribution in [0.25, 0.3) is 0 Å². The molecule has 0 saturated carbocycles. The maximum atomic E-state index is 12.6. The number of carbonyl (C=O) groups excluding carboxylic acids is 1. The molecule has 26 heavy (non-hydrogen) atoms. The Labute approximate surface area is 153 Å². The predicted molar refractivity (Wildman–Crippen MR) is 98.8 cm³/mol. The smallest absolute Gasteiger partial charge is 0.413 e. The van der Waals surface area contributed by atoms with Crippen LogP contribution < -0.4 is 0 Å². The summed E-state index contributed by atoms with van der Waals surface area (Å²) in [6, 6.07) is 19.9. The van der Waals surface area contributed by atoms with Gasteiger partial charge in [0.25, 0.3) is 0 Å². The summed E-state index contributed by atoms with van der Waals surface area (Å²) in [4.78, 5) is 20.0. The van der Waals surface area contributed by atoms with Crippen LogP contribution in [-0.4, -0.2) is 34.6 Å². The fourth-order valence-electron chi connectivity index (χ4n) is 3.62. The molecule has 0 radical (unpaired) electrons. The SMILES string of the molecule is CC1(C)OC(=O)N(C2CC(c3ccccc3)=NO2)[C@H]1Cc1ccccc1. The third-order valence-electron chi connectivity index (χ3n) is 5.04. The van der Waals surface area contributed by atoms with Gasteiger partial charge in [-0.15, -0.1) is 0 Å². The maximum absolute atomic E-state index is 12.6. The highest BCUT2D eigenvalue weighted by atomic mass is 16.7. The van der Waals surface area contributed by atoms with Gasteiger partial charge in [0.05, 0.1) is 18.2 Å². The van der Waals surface area contributed by atoms with Crippen LogP contribution in [0.4, 0.5) is 4.79 Å². The molecule has 2 heterocycles. The molecule has 5 nitrogen and oxygen atoms in total. The molecule has 2 aliphatic rings. The van der Waals surface area contributed by atoms with E-state index in [1.54, 1.807) is 4.90 Å². The van der Waals surface area contributed by atoms with Gasteiger partial charge < -0.3 is 9.57 Å². The molecule has 0 N–H and O–H groups in total. The molecule has 134 valence electrons. The molecular weight excluding hydrogens is 328 g/mol. The Morgan fingerprint density at radius 2 is 1.73 bits per heavy atom. The van der Waals surface area contributed by atoms with Crippen LogP contribution in [0.1, 0.15) is 31.4 Å². The highest BCUT2D eigenvalue weighted by molar-refractivity contribution is 6.01. The summed E-state index contributed by atoms with van der Waals surface area (Å²) in [7, 11) is 0. The van der Waals surface area contributed by atoms with Gasteiger partial charge in [-0.05, 0) is 31.4 Å². The Kier molecular flexibility index (Phi) is 4.15. The van der Waals surface area contributed by atoms with Crippen molar-refractivity contribution in [1.82, 2.24) is 4.90 Å². The first kappa shape index (κ1) is 16.6. The molecule has 0 spiro atoms. The molecule has 5 heteroatoms. The molecule has 0 aromatic heterocycles. The van der Waals surface area contributed by atoms with Crippen molar-refractivity contribution in [3.63, 3.8) is 0 Å². The first-order chi connectivity index (χ1) is 12.5. The van der Waals surface area contributed by atoms with Gasteiger partial charge in [0, 0.05) is 0 Å². The van der Waals surface area contributed by atoms with Crippen molar-refractivity contribution >= 4 is 11.8 Å². The van der Waals surface area contributed by atoms with Crippen LogP contribution in [0.15, 0.2) is 65.8 Å². The average molecular weight is 350 g/mol. The zero-order valence-corrected chi connectivity index (χ0v) is 15.0. The lowest BCUT2D eigenvalue weighted by molar-refractivity contribution is -0.0285. The molecule has 0 aliphatic carbocycles. The summed E-state index contributed by atoms with van der Waals surface area (Å²) in [5.74, 6) is 0. The Hall–Kier alpha value is -2.82. The first-order valence-electron chi connectivity index (χ1n) is 8.88. The van der Waals surface area contributed by atoms with Gasteiger partial charge in [0.1, 0.15) is 5.60 Å². The van der Waals surface area contributed by atoms with Crippen LogP contribution in [0, 0.1) is 0 Å². The predicted octanol–water partition coefficient (Wildman–Crippen LogP) is 3.98. The Morgan fingerprint density at radius 1 is 1.08 bits per heavy atom. The summed E-state index contributed by atoms with van der Waals surface area (Å²) in [6.45, 7) is 3.90. The number of ether oxygens (including phenoxy) is 1. The average Bonchev–Trinajstić information content (AvgIpc) is 3.19. The van der Waals surface area contributed by atoms with Crippen LogP contribution in [-0.2, 0) is 16.0 Å². The molecule has 1 saturated heterocycles. The van der Waals surface area contributed by atoms with Crippen LogP contribution >= 0.6 is 0 Å². The number of hydrogen-bond acceptors (Lipinski definition) is 4. The molecule has 4 rings (SSSR count). The van der Waals surface area contributed by atoms with E-state index in [0.717, 1.165) is 16.8 Å². The lowest BCUT2D eigenvalue weighted by Gasteiger charge is -2.31. The number of nitrogens with zero attached hydrogens (tertiary/aromatic N) is 2. The number of hydrogen-bond donors (Lipinski definition) is 0. The minimum Gasteiger partial charge on any atom is -0.441 e. The van der Waals surface area contributed by atoms with Gasteiger partial charge in [-0.2, -0.15) is 0 Å². The summed E-state index contributed by atoms with van der Waals surface area (Å²) in [6.07, 6.45) is 0.485. The van der Waals surface area contributed by atoms with E-state index in [1.807, 2.05) is 62.4 Å². The highest BCUT2D eigenvalue weighted by Crippen LogP contribution is 2.36. The van der Waals surface area contributed by atoms with Crippen LogP contribution in [0.3, 0.4) is 0 Å². The standard InChI is InChI=1S/C21H22N2O3/c1-21(2)18(13-15-9-5-3-6-10-15)23(20(24)25-21)19-14-17(22-26-19)16-11-7-4-8-12-16/h3-12,18-19H,13-14H2,1-2H3/t18-,19?/m0/s1. The van der Waals surface area contributed by atoms with Crippen LogP contribution in [0.5, 0.6) is 0 Å². The fraction of sp³-hybridized carbons (Fsp3) is 0.333. The van der Waals surface area contributed by atoms with E-state index < -0.39 is 11.8 Å². The van der Waals surface area contributed by atoms with Gasteiger partial charge in [0.2, 0.25) is 6.23 Å². The normalized spacial score (nSPS) is 24.2. The lowest BCUT2D eigenvalue weighted by atomic mass is 9.91. The van der Waals surface area contributed by atoms with Gasteiger partial charge in [-0.1, -0.05) is 65.8 Å². The number of carbonyl (C=O) groups is 1. The van der Waals surface area contributed by atoms with Crippen LogP contribution in [0.2, 0.25) is 0 Å². The van der Waals surface area contributed by atoms with Gasteiger partial charge >= 0.3 is 6.09 Å². The quantitative estimate of drug-likeness (QED) is 0.838. The van der Waals surface area contributed by atoms with Crippen molar-refractivity contribution in [1.29, 1.82) is 0 Å². The second-order valence-electron chi connectivity index (χ2n) is 7.25. The fourth-order valence-corrected chi connectivity index (χ4v) is 3.62. The van der Waals surface area contributed by atoms with Crippen molar-refractivity contribution in [3.05, 3.63) is 71.8 Å². The number of benzene rings is 2. The number of cyclic esters (lactones) is 1. The molecular formula is C21H22N2O3. The van der Waals surface area contributed by atoms with E-state index >= 15 is 0 Å². The van der Waals surface area contributed by atoms with Crippen molar-refractivity contribution in [2.45, 2.75) is 44.6 Å². The lowest BCUT2D eigenvalue weighted by Crippen LogP contribution is -2.48. The van der Waals surface area contributed by atoms with Crippen molar-refractivity contribution in [2.75, 3.05) is 0 Å². The van der Waals surface area contributed by atoms with Gasteiger partial charge in [-0.25, -0.2) is 4.79 Å². The van der Waals surface area contributed by atoms with Gasteiger partial charge in [0.15, 0.2) is 0 Å². The van der Waals surface area contributed by atoms with E-state index in [1.165, 1.54) is 0 Å². The third-order valence-corrected chi connectivity index (χ3v) is 5.04. The number of amides is 1. The van der Waals surface area contributed by atoms with Crippen molar-refractivity contribution < 1.29 is 14.4 Å². The molecule has 1 unspecified atom stereocenters. The first-order valence-corrected chi connectivity index (χ1v) is 8.88. The molecule has 1 amide bonds. The minimum atomic E-state index is -0.591. The topological polar surface area (TPSA) is 51.1 Å². The molecule has 2 aromatic carbocycles. The summed E-state index contributed by atoms with van der Waals surface area (Å²) < 4.78 is 5.66. The summed E-state index contributed by atoms with van der Waals surface area (Å²) in [5.41, 5.74) is 2.44. The summed E-state index contributed by atoms with van der Waals surface area (Å²) >= 11 is 0. The van der Waals surface area contributed by atoms with E-state index in [4.69, 9.17) is 9.57 Å². The molecule has 2 atom stereocenters. The number of rotatable bonds is 4. The Morgan fingerprint density at radius 3 is 2.42 bits per heavy atom. The third kappa shape index (κ3) is 3.05. The second kappa shape index (κ2) is 6.48. The number of oxime groups is 1. The maximum Gasteiger partial charge on any atom is 0.413 e. The Bertz CT molecular complexity index is 818. The van der Waals surface area contributed by atoms with Crippen molar-refractivity contribution in [3.8, 4) is 0 Å². The largest absolute Gasteiger partial charge is 0.441 e. The van der Waals surface area contributed by atoms with E-state index in [9.17, 15) is 4.79 Å². The zero-order valence-electron chi connectivity index (χ0n) is 15.0. The van der Waals surface area contributed by atoms with Crippen molar-refractivity contribution in [2.24, 2.45) is 5.16 Å². The summed E-state index contributed by atoms with van der Waals surface area (Å²) in [5, 5.41) is 4.22. The second-order valence-corrected chi connectivity index (χ2v) is 7.25. The monoisotopic (exact) mass is 350 g/mol. The molecule has 1 fully saturated rings. The van der Waals surface area contributed by atoms with Gasteiger partial charge in [-0.3, -0.25) is 4.90 Å². The van der Waals surface area contributed by atoms with E-state index in [2.05, 4.69) is 17.3 Å². The molecule has 2 aliphatic heterocycles. The van der Waals surface area contributed by atoms with E-state index in [-0.39, 0.29) is 12.1 Å².